The highest BCUT2D eigenvalue weighted by Gasteiger charge is 2.41. The Hall–Kier alpha value is -1.92. The predicted octanol–water partition coefficient (Wildman–Crippen LogP) is 1.63. The Labute approximate surface area is 115 Å². The van der Waals surface area contributed by atoms with E-state index >= 15 is 0 Å². The lowest BCUT2D eigenvalue weighted by Gasteiger charge is -2.13. The number of carbonyl (C=O) groups is 2. The number of hydrogen-bond donors (Lipinski definition) is 2. The van der Waals surface area contributed by atoms with Gasteiger partial charge in [-0.1, -0.05) is 12.0 Å². The molecule has 2 fully saturated rings. The third-order valence-electron chi connectivity index (χ3n) is 4.05. The van der Waals surface area contributed by atoms with E-state index in [1.54, 1.807) is 0 Å². The Bertz CT molecular complexity index is 537. The van der Waals surface area contributed by atoms with E-state index in [-0.39, 0.29) is 17.8 Å². The molecule has 0 radical (unpaired) electrons. The van der Waals surface area contributed by atoms with Gasteiger partial charge in [0.25, 0.3) is 0 Å². The van der Waals surface area contributed by atoms with Crippen LogP contribution in [-0.4, -0.2) is 27.2 Å². The molecule has 2 saturated carbocycles. The van der Waals surface area contributed by atoms with E-state index in [0.717, 1.165) is 12.8 Å². The minimum absolute atomic E-state index is 0.0700. The summed E-state index contributed by atoms with van der Waals surface area (Å²) in [6, 6.07) is 0.0700. The number of carbonyl (C=O) groups excluding carboxylic acids is 1. The van der Waals surface area contributed by atoms with E-state index < -0.39 is 17.8 Å². The van der Waals surface area contributed by atoms with Gasteiger partial charge >= 0.3 is 12.0 Å². The largest absolute Gasteiger partial charge is 0.481 e. The smallest absolute Gasteiger partial charge is 0.322 e. The zero-order chi connectivity index (χ0) is 14.3. The summed E-state index contributed by atoms with van der Waals surface area (Å²) in [7, 11) is 0. The molecule has 108 valence electrons. The minimum atomic E-state index is -0.918. The molecule has 0 bridgehead atoms. The summed E-state index contributed by atoms with van der Waals surface area (Å²) in [6.07, 6.45) is 3.19. The SMILES string of the molecule is CC1CC(C(=O)O)C(C(=O)Nc2nnc(C3CC3)o2)C1. The number of aromatic nitrogens is 2. The van der Waals surface area contributed by atoms with Crippen LogP contribution in [0.1, 0.15) is 44.4 Å². The topological polar surface area (TPSA) is 105 Å². The predicted molar refractivity (Wildman–Crippen MR) is 67.9 cm³/mol. The van der Waals surface area contributed by atoms with Gasteiger partial charge in [-0.05, 0) is 31.6 Å². The Balaban J connectivity index is 1.66. The van der Waals surface area contributed by atoms with Crippen molar-refractivity contribution in [2.75, 3.05) is 5.32 Å². The first-order chi connectivity index (χ1) is 9.54. The number of rotatable bonds is 4. The van der Waals surface area contributed by atoms with Gasteiger partial charge in [0.2, 0.25) is 11.8 Å². The van der Waals surface area contributed by atoms with Crippen molar-refractivity contribution in [1.29, 1.82) is 0 Å². The molecule has 1 aromatic heterocycles. The highest BCUT2D eigenvalue weighted by molar-refractivity contribution is 5.93. The normalized spacial score (nSPS) is 29.4. The molecule has 0 spiro atoms. The molecule has 2 aliphatic rings. The number of amides is 1. The van der Waals surface area contributed by atoms with Gasteiger partial charge in [0.05, 0.1) is 11.8 Å². The Morgan fingerprint density at radius 3 is 2.60 bits per heavy atom. The number of carboxylic acids is 1. The summed E-state index contributed by atoms with van der Waals surface area (Å²) < 4.78 is 5.36. The number of nitrogens with zero attached hydrogens (tertiary/aromatic N) is 2. The first-order valence-corrected chi connectivity index (χ1v) is 6.91. The highest BCUT2D eigenvalue weighted by Crippen LogP contribution is 2.40. The summed E-state index contributed by atoms with van der Waals surface area (Å²) in [5, 5.41) is 19.4. The number of aliphatic carboxylic acids is 1. The number of nitrogens with one attached hydrogen (secondary N) is 1. The molecule has 20 heavy (non-hydrogen) atoms. The van der Waals surface area contributed by atoms with Crippen LogP contribution in [0, 0.1) is 17.8 Å². The molecule has 1 aromatic rings. The van der Waals surface area contributed by atoms with E-state index in [1.807, 2.05) is 6.92 Å². The first kappa shape index (κ1) is 13.1. The highest BCUT2D eigenvalue weighted by atomic mass is 16.4. The maximum Gasteiger partial charge on any atom is 0.322 e. The Morgan fingerprint density at radius 2 is 1.95 bits per heavy atom. The summed E-state index contributed by atoms with van der Waals surface area (Å²) >= 11 is 0. The molecule has 0 aromatic carbocycles. The van der Waals surface area contributed by atoms with Crippen LogP contribution >= 0.6 is 0 Å². The third kappa shape index (κ3) is 2.52. The fourth-order valence-corrected chi connectivity index (χ4v) is 2.83. The van der Waals surface area contributed by atoms with Gasteiger partial charge in [0.15, 0.2) is 0 Å². The second-order valence-electron chi connectivity index (χ2n) is 5.84. The quantitative estimate of drug-likeness (QED) is 0.867. The maximum absolute atomic E-state index is 12.2. The van der Waals surface area contributed by atoms with Gasteiger partial charge in [-0.15, -0.1) is 5.10 Å². The molecule has 7 nitrogen and oxygen atoms in total. The molecule has 1 amide bonds. The fraction of sp³-hybridized carbons (Fsp3) is 0.692. The summed E-state index contributed by atoms with van der Waals surface area (Å²) in [5.74, 6) is -1.31. The van der Waals surface area contributed by atoms with Gasteiger partial charge in [-0.3, -0.25) is 14.9 Å². The average Bonchev–Trinajstić information content (AvgIpc) is 3.01. The standard InChI is InChI=1S/C13H17N3O4/c1-6-4-8(9(5-6)12(18)19)10(17)14-13-16-15-11(20-13)7-2-3-7/h6-9H,2-5H2,1H3,(H,18,19)(H,14,16,17). The molecule has 3 atom stereocenters. The first-order valence-electron chi connectivity index (χ1n) is 6.91. The second-order valence-corrected chi connectivity index (χ2v) is 5.84. The van der Waals surface area contributed by atoms with E-state index in [1.165, 1.54) is 0 Å². The van der Waals surface area contributed by atoms with Crippen molar-refractivity contribution in [3.05, 3.63) is 5.89 Å². The fourth-order valence-electron chi connectivity index (χ4n) is 2.83. The molecule has 2 N–H and O–H groups in total. The molecule has 7 heteroatoms. The summed E-state index contributed by atoms with van der Waals surface area (Å²) in [5.41, 5.74) is 0. The monoisotopic (exact) mass is 279 g/mol. The number of hydrogen-bond acceptors (Lipinski definition) is 5. The van der Waals surface area contributed by atoms with E-state index in [0.29, 0.717) is 24.7 Å². The zero-order valence-corrected chi connectivity index (χ0v) is 11.2. The van der Waals surface area contributed by atoms with Crippen molar-refractivity contribution >= 4 is 17.9 Å². The van der Waals surface area contributed by atoms with Gasteiger partial charge in [0.1, 0.15) is 0 Å². The van der Waals surface area contributed by atoms with E-state index in [2.05, 4.69) is 15.5 Å². The van der Waals surface area contributed by atoms with Gasteiger partial charge in [0, 0.05) is 5.92 Å². The molecule has 3 rings (SSSR count). The molecular weight excluding hydrogens is 262 g/mol. The van der Waals surface area contributed by atoms with Gasteiger partial charge in [-0.25, -0.2) is 0 Å². The summed E-state index contributed by atoms with van der Waals surface area (Å²) in [4.78, 5) is 23.4. The van der Waals surface area contributed by atoms with Crippen molar-refractivity contribution in [2.45, 2.75) is 38.5 Å². The Kier molecular flexibility index (Phi) is 3.19. The second kappa shape index (κ2) is 4.88. The van der Waals surface area contributed by atoms with Crippen LogP contribution < -0.4 is 5.32 Å². The van der Waals surface area contributed by atoms with Gasteiger partial charge in [-0.2, -0.15) is 0 Å². The van der Waals surface area contributed by atoms with Crippen molar-refractivity contribution in [3.63, 3.8) is 0 Å². The van der Waals surface area contributed by atoms with Crippen LogP contribution in [0.25, 0.3) is 0 Å². The van der Waals surface area contributed by atoms with Crippen LogP contribution in [0.4, 0.5) is 6.01 Å². The number of carboxylic acid groups (broad SMARTS) is 1. The molecular formula is C13H17N3O4. The van der Waals surface area contributed by atoms with Crippen molar-refractivity contribution in [2.24, 2.45) is 17.8 Å². The minimum Gasteiger partial charge on any atom is -0.481 e. The molecule has 2 aliphatic carbocycles. The van der Waals surface area contributed by atoms with Crippen LogP contribution in [0.15, 0.2) is 4.42 Å². The van der Waals surface area contributed by atoms with E-state index in [9.17, 15) is 14.7 Å². The van der Waals surface area contributed by atoms with Crippen LogP contribution in [0.5, 0.6) is 0 Å². The molecule has 0 saturated heterocycles. The lowest BCUT2D eigenvalue weighted by molar-refractivity contribution is -0.145. The maximum atomic E-state index is 12.2. The van der Waals surface area contributed by atoms with E-state index in [4.69, 9.17) is 4.42 Å². The van der Waals surface area contributed by atoms with Crippen molar-refractivity contribution in [1.82, 2.24) is 10.2 Å². The van der Waals surface area contributed by atoms with Crippen LogP contribution in [0.3, 0.4) is 0 Å². The summed E-state index contributed by atoms with van der Waals surface area (Å²) in [6.45, 7) is 1.96. The lowest BCUT2D eigenvalue weighted by atomic mass is 9.95. The third-order valence-corrected chi connectivity index (χ3v) is 4.05. The molecule has 1 heterocycles. The van der Waals surface area contributed by atoms with Crippen molar-refractivity contribution < 1.29 is 19.1 Å². The zero-order valence-electron chi connectivity index (χ0n) is 11.2. The van der Waals surface area contributed by atoms with Crippen LogP contribution in [-0.2, 0) is 9.59 Å². The molecule has 3 unspecified atom stereocenters. The average molecular weight is 279 g/mol. The number of anilines is 1. The van der Waals surface area contributed by atoms with Crippen molar-refractivity contribution in [3.8, 4) is 0 Å². The lowest BCUT2D eigenvalue weighted by Crippen LogP contribution is -2.30. The van der Waals surface area contributed by atoms with Gasteiger partial charge < -0.3 is 9.52 Å². The Morgan fingerprint density at radius 1 is 1.25 bits per heavy atom. The molecule has 0 aliphatic heterocycles. The van der Waals surface area contributed by atoms with Crippen LogP contribution in [0.2, 0.25) is 0 Å².